The maximum Gasteiger partial charge on any atom is 0.195 e. The summed E-state index contributed by atoms with van der Waals surface area (Å²) in [6.07, 6.45) is 0. The molecule has 0 aliphatic carbocycles. The van der Waals surface area contributed by atoms with E-state index in [0.29, 0.717) is 10.0 Å². The van der Waals surface area contributed by atoms with Gasteiger partial charge in [-0.25, -0.2) is 0 Å². The van der Waals surface area contributed by atoms with Gasteiger partial charge in [0.2, 0.25) is 0 Å². The van der Waals surface area contributed by atoms with Crippen molar-refractivity contribution in [3.63, 3.8) is 0 Å². The summed E-state index contributed by atoms with van der Waals surface area (Å²) in [5, 5.41) is 9.89. The van der Waals surface area contributed by atoms with Gasteiger partial charge in [-0.2, -0.15) is 0 Å². The monoisotopic (exact) mass is 322 g/mol. The molecule has 0 amide bonds. The van der Waals surface area contributed by atoms with Gasteiger partial charge in [0.25, 0.3) is 0 Å². The number of aromatic nitrogens is 4. The van der Waals surface area contributed by atoms with E-state index in [1.54, 1.807) is 33.9 Å². The molecule has 0 fully saturated rings. The number of hydrogen-bond acceptors (Lipinski definition) is 3. The SMILES string of the molecule is [S-]c1nn(-c2cccc(Cl)c2)[n+](-c2cccc(Cl)c2)n1. The third-order valence-electron chi connectivity index (χ3n) is 2.62. The molecule has 1 heterocycles. The van der Waals surface area contributed by atoms with E-state index in [4.69, 9.17) is 35.8 Å². The van der Waals surface area contributed by atoms with E-state index in [0.717, 1.165) is 11.4 Å². The maximum atomic E-state index is 6.01. The predicted octanol–water partition coefficient (Wildman–Crippen LogP) is 2.76. The summed E-state index contributed by atoms with van der Waals surface area (Å²) in [6.45, 7) is 0. The van der Waals surface area contributed by atoms with Crippen LogP contribution in [0.2, 0.25) is 10.0 Å². The first-order chi connectivity index (χ1) is 9.63. The van der Waals surface area contributed by atoms with Crippen molar-refractivity contribution in [2.45, 2.75) is 5.16 Å². The second kappa shape index (κ2) is 5.36. The molecule has 0 saturated heterocycles. The van der Waals surface area contributed by atoms with Crippen LogP contribution in [0.1, 0.15) is 0 Å². The number of benzene rings is 2. The van der Waals surface area contributed by atoms with Crippen molar-refractivity contribution in [1.29, 1.82) is 0 Å². The molecule has 2 aromatic carbocycles. The zero-order chi connectivity index (χ0) is 14.1. The summed E-state index contributed by atoms with van der Waals surface area (Å²) in [4.78, 5) is 3.17. The number of hydrogen-bond donors (Lipinski definition) is 0. The summed E-state index contributed by atoms with van der Waals surface area (Å²) in [5.74, 6) is 0. The Kier molecular flexibility index (Phi) is 3.56. The quantitative estimate of drug-likeness (QED) is 0.537. The van der Waals surface area contributed by atoms with Crippen molar-refractivity contribution in [1.82, 2.24) is 15.0 Å². The molecule has 0 saturated carbocycles. The maximum absolute atomic E-state index is 6.01. The molecule has 0 unspecified atom stereocenters. The van der Waals surface area contributed by atoms with Crippen LogP contribution in [-0.2, 0) is 12.6 Å². The van der Waals surface area contributed by atoms with Crippen molar-refractivity contribution in [3.05, 3.63) is 58.6 Å². The first-order valence-corrected chi connectivity index (χ1v) is 6.88. The van der Waals surface area contributed by atoms with Crippen molar-refractivity contribution in [2.24, 2.45) is 0 Å². The molecule has 0 radical (unpaired) electrons. The molecule has 0 aliphatic rings. The van der Waals surface area contributed by atoms with Crippen LogP contribution in [0.5, 0.6) is 0 Å². The summed E-state index contributed by atoms with van der Waals surface area (Å²) in [5.41, 5.74) is 1.53. The molecule has 0 bridgehead atoms. The lowest BCUT2D eigenvalue weighted by molar-refractivity contribution is -0.736. The standard InChI is InChI=1S/C13H8Cl2N4S/c14-9-3-1-5-11(7-9)18-16-13(20)17-19(18)12-6-2-4-10(15)8-12/h1-8H. The number of halogens is 2. The van der Waals surface area contributed by atoms with Gasteiger partial charge in [-0.05, 0) is 40.2 Å². The Bertz CT molecular complexity index is 710. The molecule has 0 spiro atoms. The zero-order valence-electron chi connectivity index (χ0n) is 10.1. The predicted molar refractivity (Wildman–Crippen MR) is 78.5 cm³/mol. The molecule has 3 rings (SSSR count). The normalized spacial score (nSPS) is 10.7. The van der Waals surface area contributed by atoms with Gasteiger partial charge in [0.1, 0.15) is 5.69 Å². The van der Waals surface area contributed by atoms with Crippen LogP contribution >= 0.6 is 23.2 Å². The van der Waals surface area contributed by atoms with Gasteiger partial charge >= 0.3 is 0 Å². The minimum atomic E-state index is 0.241. The van der Waals surface area contributed by atoms with Crippen LogP contribution in [0, 0.1) is 0 Å². The fourth-order valence-corrected chi connectivity index (χ4v) is 2.33. The largest absolute Gasteiger partial charge is 0.706 e. The van der Waals surface area contributed by atoms with E-state index in [2.05, 4.69) is 10.2 Å². The van der Waals surface area contributed by atoms with Gasteiger partial charge < -0.3 is 12.6 Å². The highest BCUT2D eigenvalue weighted by Crippen LogP contribution is 2.14. The van der Waals surface area contributed by atoms with E-state index >= 15 is 0 Å². The highest BCUT2D eigenvalue weighted by Gasteiger charge is 2.17. The Morgan fingerprint density at radius 3 is 2.40 bits per heavy atom. The molecule has 0 atom stereocenters. The average Bonchev–Trinajstić information content (AvgIpc) is 2.81. The zero-order valence-corrected chi connectivity index (χ0v) is 12.4. The summed E-state index contributed by atoms with van der Waals surface area (Å²) in [6, 6.07) is 14.6. The minimum Gasteiger partial charge on any atom is -0.706 e. The highest BCUT2D eigenvalue weighted by molar-refractivity contribution is 7.58. The van der Waals surface area contributed by atoms with E-state index in [1.807, 2.05) is 24.3 Å². The van der Waals surface area contributed by atoms with Gasteiger partial charge in [0.15, 0.2) is 10.8 Å². The van der Waals surface area contributed by atoms with Gasteiger partial charge in [-0.3, -0.25) is 0 Å². The fraction of sp³-hybridized carbons (Fsp3) is 0. The van der Waals surface area contributed by atoms with Gasteiger partial charge in [-0.1, -0.05) is 35.3 Å². The molecule has 100 valence electrons. The van der Waals surface area contributed by atoms with Crippen molar-refractivity contribution < 1.29 is 4.80 Å². The van der Waals surface area contributed by atoms with Crippen LogP contribution in [-0.4, -0.2) is 15.0 Å². The Balaban J connectivity index is 2.18. The number of tetrazole rings is 1. The van der Waals surface area contributed by atoms with Crippen LogP contribution < -0.4 is 4.80 Å². The molecule has 3 aromatic rings. The summed E-state index contributed by atoms with van der Waals surface area (Å²) >= 11 is 17.1. The second-order valence-corrected chi connectivity index (χ2v) is 5.26. The highest BCUT2D eigenvalue weighted by atomic mass is 35.5. The van der Waals surface area contributed by atoms with Crippen molar-refractivity contribution in [2.75, 3.05) is 0 Å². The molecule has 0 aliphatic heterocycles. The molecular formula is C13H8Cl2N4S. The molecular weight excluding hydrogens is 315 g/mol. The van der Waals surface area contributed by atoms with Crippen LogP contribution in [0.3, 0.4) is 0 Å². The molecule has 0 N–H and O–H groups in total. The lowest BCUT2D eigenvalue weighted by atomic mass is 10.3. The van der Waals surface area contributed by atoms with Gasteiger partial charge in [0, 0.05) is 26.0 Å². The Hall–Kier alpha value is -1.69. The first-order valence-electron chi connectivity index (χ1n) is 5.72. The Labute approximate surface area is 131 Å². The number of nitrogens with zero attached hydrogens (tertiary/aromatic N) is 4. The van der Waals surface area contributed by atoms with Crippen LogP contribution in [0.4, 0.5) is 0 Å². The van der Waals surface area contributed by atoms with E-state index in [9.17, 15) is 0 Å². The van der Waals surface area contributed by atoms with Gasteiger partial charge in [0.05, 0.1) is 0 Å². The van der Waals surface area contributed by atoms with Gasteiger partial charge in [-0.15, -0.1) is 0 Å². The third-order valence-corrected chi connectivity index (χ3v) is 3.25. The fourth-order valence-electron chi connectivity index (χ4n) is 1.80. The molecule has 4 nitrogen and oxygen atoms in total. The van der Waals surface area contributed by atoms with Crippen molar-refractivity contribution in [3.8, 4) is 11.4 Å². The van der Waals surface area contributed by atoms with E-state index in [1.165, 1.54) is 0 Å². The molecule has 20 heavy (non-hydrogen) atoms. The smallest absolute Gasteiger partial charge is 0.195 e. The van der Waals surface area contributed by atoms with E-state index in [-0.39, 0.29) is 5.16 Å². The topological polar surface area (TPSA) is 34.6 Å². The van der Waals surface area contributed by atoms with Crippen LogP contribution in [0.25, 0.3) is 11.4 Å². The summed E-state index contributed by atoms with van der Waals surface area (Å²) < 4.78 is 0. The molecule has 7 heteroatoms. The lowest BCUT2D eigenvalue weighted by Gasteiger charge is -2.00. The minimum absolute atomic E-state index is 0.241. The second-order valence-electron chi connectivity index (χ2n) is 4.02. The first kappa shape index (κ1) is 13.3. The Morgan fingerprint density at radius 1 is 1.00 bits per heavy atom. The van der Waals surface area contributed by atoms with E-state index < -0.39 is 0 Å². The van der Waals surface area contributed by atoms with Crippen LogP contribution in [0.15, 0.2) is 53.7 Å². The molecule has 1 aromatic heterocycles. The lowest BCUT2D eigenvalue weighted by Crippen LogP contribution is -2.43. The van der Waals surface area contributed by atoms with Crippen molar-refractivity contribution >= 4 is 35.8 Å². The third kappa shape index (κ3) is 2.60. The Morgan fingerprint density at radius 2 is 1.70 bits per heavy atom. The summed E-state index contributed by atoms with van der Waals surface area (Å²) in [7, 11) is 0. The number of rotatable bonds is 2. The average molecular weight is 323 g/mol.